The number of ether oxygens (including phenoxy) is 1. The lowest BCUT2D eigenvalue weighted by Crippen LogP contribution is -2.41. The summed E-state index contributed by atoms with van der Waals surface area (Å²) >= 11 is 0. The fourth-order valence-corrected chi connectivity index (χ4v) is 4.15. The van der Waals surface area contributed by atoms with E-state index in [2.05, 4.69) is 0 Å². The van der Waals surface area contributed by atoms with Gasteiger partial charge in [-0.25, -0.2) is 4.39 Å². The summed E-state index contributed by atoms with van der Waals surface area (Å²) in [7, 11) is 0. The molecule has 0 fully saturated rings. The van der Waals surface area contributed by atoms with Crippen molar-refractivity contribution in [3.8, 4) is 5.75 Å². The normalized spacial score (nSPS) is 13.1. The van der Waals surface area contributed by atoms with Crippen molar-refractivity contribution in [2.24, 2.45) is 0 Å². The van der Waals surface area contributed by atoms with Crippen molar-refractivity contribution in [2.75, 3.05) is 18.1 Å². The molecule has 0 bridgehead atoms. The number of aromatic nitrogens is 2. The third kappa shape index (κ3) is 3.66. The van der Waals surface area contributed by atoms with Crippen LogP contribution in [0.5, 0.6) is 5.75 Å². The van der Waals surface area contributed by atoms with E-state index < -0.39 is 0 Å². The highest BCUT2D eigenvalue weighted by atomic mass is 19.1. The molecule has 2 aromatic heterocycles. The maximum Gasteiger partial charge on any atom is 0.275 e. The van der Waals surface area contributed by atoms with Gasteiger partial charge in [-0.05, 0) is 54.4 Å². The lowest BCUT2D eigenvalue weighted by molar-refractivity contribution is -0.119. The Labute approximate surface area is 184 Å². The zero-order chi connectivity index (χ0) is 22.2. The summed E-state index contributed by atoms with van der Waals surface area (Å²) in [5.74, 6) is 0.176. The molecule has 1 aliphatic heterocycles. The summed E-state index contributed by atoms with van der Waals surface area (Å²) in [6.07, 6.45) is 3.46. The standard InChI is InChI=1S/C25H22FN3O3/c1-17-5-6-22-21(13-17)29(11-12-32-22)23(30)16-28-10-8-19-7-9-27(24(19)25(28)31)15-18-3-2-4-20(26)14-18/h2-10,13-14H,11-12,15-16H2,1H3. The molecule has 0 saturated heterocycles. The first kappa shape index (κ1) is 20.1. The molecule has 162 valence electrons. The van der Waals surface area contributed by atoms with Crippen LogP contribution in [0.3, 0.4) is 0 Å². The van der Waals surface area contributed by atoms with Gasteiger partial charge in [0, 0.05) is 24.3 Å². The predicted octanol–water partition coefficient (Wildman–Crippen LogP) is 3.72. The molecule has 2 aromatic carbocycles. The first-order chi connectivity index (χ1) is 15.5. The van der Waals surface area contributed by atoms with E-state index in [-0.39, 0.29) is 23.8 Å². The zero-order valence-electron chi connectivity index (χ0n) is 17.6. The molecule has 32 heavy (non-hydrogen) atoms. The minimum Gasteiger partial charge on any atom is -0.490 e. The lowest BCUT2D eigenvalue weighted by Gasteiger charge is -2.30. The topological polar surface area (TPSA) is 56.5 Å². The van der Waals surface area contributed by atoms with Gasteiger partial charge in [0.1, 0.15) is 30.2 Å². The maximum atomic E-state index is 13.6. The van der Waals surface area contributed by atoms with Crippen LogP contribution >= 0.6 is 0 Å². The second-order valence-corrected chi connectivity index (χ2v) is 7.99. The first-order valence-corrected chi connectivity index (χ1v) is 10.5. The summed E-state index contributed by atoms with van der Waals surface area (Å²) in [6, 6.07) is 15.7. The van der Waals surface area contributed by atoms with Crippen molar-refractivity contribution >= 4 is 22.5 Å². The van der Waals surface area contributed by atoms with Gasteiger partial charge in [-0.2, -0.15) is 0 Å². The second kappa shape index (κ2) is 8.00. The smallest absolute Gasteiger partial charge is 0.275 e. The van der Waals surface area contributed by atoms with Crippen molar-refractivity contribution < 1.29 is 13.9 Å². The fourth-order valence-electron chi connectivity index (χ4n) is 4.15. The molecule has 1 amide bonds. The third-order valence-corrected chi connectivity index (χ3v) is 5.72. The number of fused-ring (bicyclic) bond motifs is 2. The molecule has 1 aliphatic rings. The number of rotatable bonds is 4. The minimum atomic E-state index is -0.317. The first-order valence-electron chi connectivity index (χ1n) is 10.5. The Hall–Kier alpha value is -3.87. The number of nitrogens with zero attached hydrogens (tertiary/aromatic N) is 3. The van der Waals surface area contributed by atoms with Crippen LogP contribution in [-0.4, -0.2) is 28.2 Å². The minimum absolute atomic E-state index is 0.0761. The van der Waals surface area contributed by atoms with Crippen molar-refractivity contribution in [2.45, 2.75) is 20.0 Å². The average molecular weight is 431 g/mol. The Bertz CT molecular complexity index is 1390. The molecule has 0 saturated carbocycles. The van der Waals surface area contributed by atoms with Crippen LogP contribution in [0.2, 0.25) is 0 Å². The van der Waals surface area contributed by atoms with Gasteiger partial charge < -0.3 is 18.8 Å². The van der Waals surface area contributed by atoms with Gasteiger partial charge in [0.25, 0.3) is 5.56 Å². The van der Waals surface area contributed by atoms with E-state index in [4.69, 9.17) is 4.74 Å². The van der Waals surface area contributed by atoms with Crippen LogP contribution in [0, 0.1) is 12.7 Å². The number of hydrogen-bond acceptors (Lipinski definition) is 3. The van der Waals surface area contributed by atoms with E-state index in [0.717, 1.165) is 22.2 Å². The summed E-state index contributed by atoms with van der Waals surface area (Å²) in [5, 5.41) is 0.780. The number of carbonyl (C=O) groups excluding carboxylic acids is 1. The molecule has 0 spiro atoms. The highest BCUT2D eigenvalue weighted by Crippen LogP contribution is 2.32. The largest absolute Gasteiger partial charge is 0.490 e. The highest BCUT2D eigenvalue weighted by Gasteiger charge is 2.24. The lowest BCUT2D eigenvalue weighted by atomic mass is 10.1. The second-order valence-electron chi connectivity index (χ2n) is 7.99. The molecule has 7 heteroatoms. The van der Waals surface area contributed by atoms with E-state index >= 15 is 0 Å². The molecule has 6 nitrogen and oxygen atoms in total. The fraction of sp³-hybridized carbons (Fsp3) is 0.200. The predicted molar refractivity (Wildman–Crippen MR) is 121 cm³/mol. The molecule has 0 atom stereocenters. The van der Waals surface area contributed by atoms with E-state index in [1.54, 1.807) is 21.7 Å². The van der Waals surface area contributed by atoms with E-state index in [9.17, 15) is 14.0 Å². The number of benzene rings is 2. The molecule has 0 aliphatic carbocycles. The average Bonchev–Trinajstić information content (AvgIpc) is 3.18. The maximum absolute atomic E-state index is 13.6. The van der Waals surface area contributed by atoms with E-state index in [1.807, 2.05) is 49.5 Å². The van der Waals surface area contributed by atoms with Crippen LogP contribution in [0.15, 0.2) is 71.8 Å². The van der Waals surface area contributed by atoms with Gasteiger partial charge in [-0.1, -0.05) is 18.2 Å². The van der Waals surface area contributed by atoms with Crippen LogP contribution in [0.4, 0.5) is 10.1 Å². The Kier molecular flexibility index (Phi) is 5.01. The van der Waals surface area contributed by atoms with Crippen LogP contribution in [0.25, 0.3) is 10.9 Å². The van der Waals surface area contributed by atoms with Crippen LogP contribution in [-0.2, 0) is 17.9 Å². The van der Waals surface area contributed by atoms with Crippen molar-refractivity contribution in [3.05, 3.63) is 94.3 Å². The molecular weight excluding hydrogens is 409 g/mol. The molecule has 0 unspecified atom stereocenters. The van der Waals surface area contributed by atoms with Gasteiger partial charge in [0.15, 0.2) is 0 Å². The molecular formula is C25H22FN3O3. The molecule has 3 heterocycles. The third-order valence-electron chi connectivity index (χ3n) is 5.72. The number of amides is 1. The number of carbonyl (C=O) groups is 1. The van der Waals surface area contributed by atoms with Crippen LogP contribution < -0.4 is 15.2 Å². The Morgan fingerprint density at radius 1 is 1.06 bits per heavy atom. The van der Waals surface area contributed by atoms with Crippen molar-refractivity contribution in [1.29, 1.82) is 0 Å². The van der Waals surface area contributed by atoms with Gasteiger partial charge in [-0.3, -0.25) is 9.59 Å². The van der Waals surface area contributed by atoms with E-state index in [0.29, 0.717) is 31.0 Å². The van der Waals surface area contributed by atoms with Gasteiger partial charge >= 0.3 is 0 Å². The van der Waals surface area contributed by atoms with Crippen molar-refractivity contribution in [3.63, 3.8) is 0 Å². The summed E-state index contributed by atoms with van der Waals surface area (Å²) < 4.78 is 22.5. The summed E-state index contributed by atoms with van der Waals surface area (Å²) in [4.78, 5) is 28.1. The van der Waals surface area contributed by atoms with Gasteiger partial charge in [0.2, 0.25) is 5.91 Å². The van der Waals surface area contributed by atoms with Gasteiger partial charge in [-0.15, -0.1) is 0 Å². The summed E-state index contributed by atoms with van der Waals surface area (Å²) in [6.45, 7) is 3.09. The molecule has 4 aromatic rings. The van der Waals surface area contributed by atoms with Crippen LogP contribution in [0.1, 0.15) is 11.1 Å². The zero-order valence-corrected chi connectivity index (χ0v) is 17.6. The number of hydrogen-bond donors (Lipinski definition) is 0. The molecule has 5 rings (SSSR count). The Morgan fingerprint density at radius 3 is 2.69 bits per heavy atom. The van der Waals surface area contributed by atoms with E-state index in [1.165, 1.54) is 16.7 Å². The number of anilines is 1. The van der Waals surface area contributed by atoms with Gasteiger partial charge in [0.05, 0.1) is 12.2 Å². The quantitative estimate of drug-likeness (QED) is 0.495. The Morgan fingerprint density at radius 2 is 1.88 bits per heavy atom. The summed E-state index contributed by atoms with van der Waals surface area (Å²) in [5.41, 5.74) is 2.75. The number of aryl methyl sites for hydroxylation is 1. The number of halogens is 1. The Balaban J connectivity index is 1.46. The number of pyridine rings is 1. The highest BCUT2D eigenvalue weighted by molar-refractivity contribution is 5.95. The van der Waals surface area contributed by atoms with Crippen molar-refractivity contribution in [1.82, 2.24) is 9.13 Å². The SMILES string of the molecule is Cc1ccc2c(c1)N(C(=O)Cn1ccc3ccn(Cc4cccc(F)c4)c3c1=O)CCO2. The molecule has 0 N–H and O–H groups in total. The molecule has 0 radical (unpaired) electrons. The monoisotopic (exact) mass is 431 g/mol.